The number of H-pyrrole nitrogens is 1. The fourth-order valence-corrected chi connectivity index (χ4v) is 2.72. The van der Waals surface area contributed by atoms with Crippen molar-refractivity contribution in [3.8, 4) is 0 Å². The molecule has 0 spiro atoms. The third-order valence-electron chi connectivity index (χ3n) is 3.45. The van der Waals surface area contributed by atoms with Gasteiger partial charge in [-0.05, 0) is 43.0 Å². The van der Waals surface area contributed by atoms with Gasteiger partial charge in [0.15, 0.2) is 0 Å². The highest BCUT2D eigenvalue weighted by Crippen LogP contribution is 2.37. The third kappa shape index (κ3) is 1.52. The highest BCUT2D eigenvalue weighted by molar-refractivity contribution is 5.91. The van der Waals surface area contributed by atoms with Crippen LogP contribution in [0.1, 0.15) is 30.0 Å². The topological polar surface area (TPSA) is 53.1 Å². The van der Waals surface area contributed by atoms with E-state index < -0.39 is 11.9 Å². The van der Waals surface area contributed by atoms with Crippen molar-refractivity contribution in [2.24, 2.45) is 0 Å². The zero-order valence-corrected chi connectivity index (χ0v) is 9.16. The summed E-state index contributed by atoms with van der Waals surface area (Å²) in [5, 5.41) is 10.1. The van der Waals surface area contributed by atoms with Gasteiger partial charge in [-0.25, -0.2) is 4.39 Å². The lowest BCUT2D eigenvalue weighted by Crippen LogP contribution is -2.17. The Kier molecular flexibility index (Phi) is 2.18. The summed E-state index contributed by atoms with van der Waals surface area (Å²) < 4.78 is 13.1. The van der Waals surface area contributed by atoms with Gasteiger partial charge in [-0.2, -0.15) is 0 Å². The molecule has 3 nitrogen and oxygen atoms in total. The van der Waals surface area contributed by atoms with Crippen LogP contribution in [0.3, 0.4) is 0 Å². The first-order chi connectivity index (χ1) is 8.16. The van der Waals surface area contributed by atoms with Crippen LogP contribution in [-0.2, 0) is 11.2 Å². The Morgan fingerprint density at radius 1 is 1.47 bits per heavy atom. The van der Waals surface area contributed by atoms with E-state index in [1.807, 2.05) is 0 Å². The molecule has 0 saturated carbocycles. The van der Waals surface area contributed by atoms with Crippen molar-refractivity contribution in [1.82, 2.24) is 4.98 Å². The van der Waals surface area contributed by atoms with Gasteiger partial charge in [-0.3, -0.25) is 4.79 Å². The fraction of sp³-hybridized carbons (Fsp3) is 0.308. The highest BCUT2D eigenvalue weighted by atomic mass is 19.1. The molecule has 0 radical (unpaired) electrons. The van der Waals surface area contributed by atoms with Crippen LogP contribution in [0.25, 0.3) is 10.9 Å². The van der Waals surface area contributed by atoms with Crippen molar-refractivity contribution in [2.75, 3.05) is 0 Å². The van der Waals surface area contributed by atoms with Crippen LogP contribution in [0.4, 0.5) is 4.39 Å². The Balaban J connectivity index is 2.27. The summed E-state index contributed by atoms with van der Waals surface area (Å²) in [6, 6.07) is 4.47. The summed E-state index contributed by atoms with van der Waals surface area (Å²) in [5.74, 6) is -1.56. The standard InChI is InChI=1S/C13H12FNO2/c14-7-4-5-8-11(6-7)15-10-3-1-2-9(12(8)10)13(16)17/h4-6,9,15H,1-3H2,(H,16,17). The van der Waals surface area contributed by atoms with Crippen LogP contribution in [0.5, 0.6) is 0 Å². The molecular weight excluding hydrogens is 221 g/mol. The van der Waals surface area contributed by atoms with Crippen molar-refractivity contribution in [2.45, 2.75) is 25.2 Å². The van der Waals surface area contributed by atoms with Crippen molar-refractivity contribution in [3.63, 3.8) is 0 Å². The number of benzene rings is 1. The van der Waals surface area contributed by atoms with E-state index in [0.717, 1.165) is 29.5 Å². The number of fused-ring (bicyclic) bond motifs is 3. The summed E-state index contributed by atoms with van der Waals surface area (Å²) in [7, 11) is 0. The largest absolute Gasteiger partial charge is 0.481 e. The fourth-order valence-electron chi connectivity index (χ4n) is 2.72. The summed E-state index contributed by atoms with van der Waals surface area (Å²) in [5.41, 5.74) is 2.49. The Morgan fingerprint density at radius 2 is 2.29 bits per heavy atom. The number of halogens is 1. The van der Waals surface area contributed by atoms with E-state index in [1.165, 1.54) is 12.1 Å². The first kappa shape index (κ1) is 10.3. The van der Waals surface area contributed by atoms with Crippen molar-refractivity contribution < 1.29 is 14.3 Å². The molecule has 2 N–H and O–H groups in total. The number of hydrogen-bond donors (Lipinski definition) is 2. The van der Waals surface area contributed by atoms with Crippen LogP contribution in [0.15, 0.2) is 18.2 Å². The lowest BCUT2D eigenvalue weighted by Gasteiger charge is -2.19. The molecular formula is C13H12FNO2. The third-order valence-corrected chi connectivity index (χ3v) is 3.45. The predicted molar refractivity (Wildman–Crippen MR) is 61.6 cm³/mol. The monoisotopic (exact) mass is 233 g/mol. The van der Waals surface area contributed by atoms with Gasteiger partial charge < -0.3 is 10.1 Å². The second kappa shape index (κ2) is 3.58. The molecule has 0 fully saturated rings. The molecule has 17 heavy (non-hydrogen) atoms. The molecule has 1 aromatic carbocycles. The van der Waals surface area contributed by atoms with E-state index in [1.54, 1.807) is 6.07 Å². The first-order valence-corrected chi connectivity index (χ1v) is 5.69. The number of aromatic amines is 1. The van der Waals surface area contributed by atoms with E-state index in [9.17, 15) is 14.3 Å². The summed E-state index contributed by atoms with van der Waals surface area (Å²) in [6.45, 7) is 0. The summed E-state index contributed by atoms with van der Waals surface area (Å²) in [4.78, 5) is 14.4. The summed E-state index contributed by atoms with van der Waals surface area (Å²) >= 11 is 0. The van der Waals surface area contributed by atoms with E-state index in [4.69, 9.17) is 0 Å². The second-order valence-corrected chi connectivity index (χ2v) is 4.49. The van der Waals surface area contributed by atoms with Gasteiger partial charge in [0, 0.05) is 16.6 Å². The van der Waals surface area contributed by atoms with Crippen LogP contribution in [0, 0.1) is 5.82 Å². The number of aromatic nitrogens is 1. The minimum absolute atomic E-state index is 0.303. The molecule has 1 unspecified atom stereocenters. The molecule has 3 rings (SSSR count). The minimum Gasteiger partial charge on any atom is -0.481 e. The maximum Gasteiger partial charge on any atom is 0.311 e. The number of hydrogen-bond acceptors (Lipinski definition) is 1. The lowest BCUT2D eigenvalue weighted by molar-refractivity contribution is -0.139. The van der Waals surface area contributed by atoms with Gasteiger partial charge in [0.1, 0.15) is 5.82 Å². The van der Waals surface area contributed by atoms with Gasteiger partial charge in [0.25, 0.3) is 0 Å². The van der Waals surface area contributed by atoms with Gasteiger partial charge in [0.2, 0.25) is 0 Å². The number of aryl methyl sites for hydroxylation is 1. The number of nitrogens with one attached hydrogen (secondary N) is 1. The van der Waals surface area contributed by atoms with Crippen molar-refractivity contribution in [1.29, 1.82) is 0 Å². The quantitative estimate of drug-likeness (QED) is 0.795. The molecule has 1 atom stereocenters. The maximum atomic E-state index is 13.1. The normalized spacial score (nSPS) is 19.2. The number of rotatable bonds is 1. The van der Waals surface area contributed by atoms with Crippen LogP contribution in [-0.4, -0.2) is 16.1 Å². The van der Waals surface area contributed by atoms with Crippen LogP contribution >= 0.6 is 0 Å². The second-order valence-electron chi connectivity index (χ2n) is 4.49. The predicted octanol–water partition coefficient (Wildman–Crippen LogP) is 2.81. The summed E-state index contributed by atoms with van der Waals surface area (Å²) in [6.07, 6.45) is 2.36. The molecule has 0 aliphatic heterocycles. The van der Waals surface area contributed by atoms with Gasteiger partial charge in [0.05, 0.1) is 5.92 Å². The Hall–Kier alpha value is -1.84. The number of aliphatic carboxylic acids is 1. The average Bonchev–Trinajstić information content (AvgIpc) is 2.65. The average molecular weight is 233 g/mol. The number of carbonyl (C=O) groups is 1. The Bertz CT molecular complexity index is 603. The molecule has 0 amide bonds. The molecule has 0 bridgehead atoms. The Morgan fingerprint density at radius 3 is 3.06 bits per heavy atom. The molecule has 0 saturated heterocycles. The molecule has 2 aromatic rings. The lowest BCUT2D eigenvalue weighted by atomic mass is 9.85. The molecule has 1 heterocycles. The van der Waals surface area contributed by atoms with Gasteiger partial charge >= 0.3 is 5.97 Å². The van der Waals surface area contributed by atoms with Gasteiger partial charge in [-0.1, -0.05) is 0 Å². The number of carboxylic acid groups (broad SMARTS) is 1. The maximum absolute atomic E-state index is 13.1. The van der Waals surface area contributed by atoms with E-state index in [0.29, 0.717) is 11.9 Å². The van der Waals surface area contributed by atoms with Crippen LogP contribution < -0.4 is 0 Å². The van der Waals surface area contributed by atoms with E-state index in [2.05, 4.69) is 4.98 Å². The molecule has 1 aliphatic carbocycles. The molecule has 1 aromatic heterocycles. The van der Waals surface area contributed by atoms with E-state index in [-0.39, 0.29) is 5.82 Å². The van der Waals surface area contributed by atoms with Crippen molar-refractivity contribution in [3.05, 3.63) is 35.3 Å². The zero-order valence-electron chi connectivity index (χ0n) is 9.16. The smallest absolute Gasteiger partial charge is 0.311 e. The highest BCUT2D eigenvalue weighted by Gasteiger charge is 2.29. The molecule has 88 valence electrons. The first-order valence-electron chi connectivity index (χ1n) is 5.69. The van der Waals surface area contributed by atoms with E-state index >= 15 is 0 Å². The van der Waals surface area contributed by atoms with Crippen LogP contribution in [0.2, 0.25) is 0 Å². The SMILES string of the molecule is O=C(O)C1CCCc2[nH]c3cc(F)ccc3c21. The number of carboxylic acids is 1. The zero-order chi connectivity index (χ0) is 12.0. The minimum atomic E-state index is -0.795. The molecule has 1 aliphatic rings. The van der Waals surface area contributed by atoms with Gasteiger partial charge in [-0.15, -0.1) is 0 Å². The molecule has 4 heteroatoms. The Labute approximate surface area is 97.3 Å². The van der Waals surface area contributed by atoms with Crippen molar-refractivity contribution >= 4 is 16.9 Å².